The van der Waals surface area contributed by atoms with Gasteiger partial charge >= 0.3 is 11.9 Å². The number of unbranched alkanes of at least 4 members (excludes halogenated alkanes) is 23. The summed E-state index contributed by atoms with van der Waals surface area (Å²) in [5, 5.41) is 0. The number of esters is 2. The Balaban J connectivity index is 4.28. The zero-order chi connectivity index (χ0) is 39.3. The lowest BCUT2D eigenvalue weighted by atomic mass is 10.1. The van der Waals surface area contributed by atoms with E-state index in [9.17, 15) is 9.59 Å². The van der Waals surface area contributed by atoms with Gasteiger partial charge in [-0.3, -0.25) is 9.59 Å². The predicted molar refractivity (Wildman–Crippen MR) is 233 cm³/mol. The van der Waals surface area contributed by atoms with Gasteiger partial charge in [0.2, 0.25) is 0 Å². The van der Waals surface area contributed by atoms with Gasteiger partial charge in [-0.15, -0.1) is 0 Å². The summed E-state index contributed by atoms with van der Waals surface area (Å²) in [5.41, 5.74) is 0. The Morgan fingerprint density at radius 3 is 1.37 bits per heavy atom. The Labute approximate surface area is 335 Å². The maximum atomic E-state index is 12.7. The summed E-state index contributed by atoms with van der Waals surface area (Å²) in [5.74, 6) is -0.436. The van der Waals surface area contributed by atoms with Gasteiger partial charge in [-0.25, -0.2) is 0 Å². The molecule has 5 nitrogen and oxygen atoms in total. The number of carbonyl (C=O) groups excluding carboxylic acids is 2. The van der Waals surface area contributed by atoms with Gasteiger partial charge in [0.25, 0.3) is 0 Å². The van der Waals surface area contributed by atoms with Crippen LogP contribution in [0, 0.1) is 0 Å². The second-order valence-electron chi connectivity index (χ2n) is 15.3. The Kier molecular flexibility index (Phi) is 43.5. The molecule has 54 heavy (non-hydrogen) atoms. The molecule has 0 aromatic carbocycles. The van der Waals surface area contributed by atoms with E-state index >= 15 is 0 Å². The maximum Gasteiger partial charge on any atom is 0.306 e. The van der Waals surface area contributed by atoms with Gasteiger partial charge in [0.05, 0.1) is 6.61 Å². The standard InChI is InChI=1S/C49H88O5/c1-4-7-10-13-16-19-22-24-25-27-28-30-33-36-39-42-48(50)53-46-47(45-52-44-41-38-35-32-21-18-15-12-9-6-3)54-49(51)43-40-37-34-31-29-26-23-20-17-14-11-8-5-2/h8,11,17,20,24-26,29,47H,4-7,9-10,12-16,18-19,21-23,27-28,30-46H2,1-3H3/b11-8-,20-17-,25-24-,29-26-. The molecule has 0 spiro atoms. The van der Waals surface area contributed by atoms with Crippen LogP contribution in [0.3, 0.4) is 0 Å². The van der Waals surface area contributed by atoms with Crippen LogP contribution in [-0.4, -0.2) is 37.9 Å². The predicted octanol–water partition coefficient (Wildman–Crippen LogP) is 15.2. The fourth-order valence-electron chi connectivity index (χ4n) is 6.40. The van der Waals surface area contributed by atoms with Gasteiger partial charge in [-0.1, -0.05) is 185 Å². The largest absolute Gasteiger partial charge is 0.462 e. The second-order valence-corrected chi connectivity index (χ2v) is 15.3. The smallest absolute Gasteiger partial charge is 0.306 e. The Bertz CT molecular complexity index is 904. The zero-order valence-electron chi connectivity index (χ0n) is 36.0. The van der Waals surface area contributed by atoms with E-state index in [1.54, 1.807) is 0 Å². The first-order valence-corrected chi connectivity index (χ1v) is 23.2. The third-order valence-electron chi connectivity index (χ3n) is 9.85. The van der Waals surface area contributed by atoms with E-state index < -0.39 is 6.10 Å². The number of allylic oxidation sites excluding steroid dienone is 8. The van der Waals surface area contributed by atoms with Crippen LogP contribution in [0.1, 0.15) is 226 Å². The molecule has 0 aromatic rings. The normalized spacial score (nSPS) is 12.6. The Hall–Kier alpha value is -2.14. The molecular formula is C49H88O5. The van der Waals surface area contributed by atoms with E-state index in [1.807, 2.05) is 0 Å². The van der Waals surface area contributed by atoms with Crippen molar-refractivity contribution in [3.05, 3.63) is 48.6 Å². The molecule has 0 fully saturated rings. The third-order valence-corrected chi connectivity index (χ3v) is 9.85. The van der Waals surface area contributed by atoms with E-state index in [-0.39, 0.29) is 25.2 Å². The molecule has 0 aliphatic carbocycles. The first kappa shape index (κ1) is 51.9. The summed E-state index contributed by atoms with van der Waals surface area (Å²) >= 11 is 0. The molecule has 314 valence electrons. The summed E-state index contributed by atoms with van der Waals surface area (Å²) in [6, 6.07) is 0. The summed E-state index contributed by atoms with van der Waals surface area (Å²) < 4.78 is 17.3. The molecule has 0 radical (unpaired) electrons. The molecular weight excluding hydrogens is 669 g/mol. The van der Waals surface area contributed by atoms with Crippen molar-refractivity contribution in [3.63, 3.8) is 0 Å². The lowest BCUT2D eigenvalue weighted by Gasteiger charge is -2.18. The van der Waals surface area contributed by atoms with Crippen molar-refractivity contribution in [2.24, 2.45) is 0 Å². The van der Waals surface area contributed by atoms with Gasteiger partial charge in [0, 0.05) is 19.4 Å². The molecule has 0 bridgehead atoms. The van der Waals surface area contributed by atoms with Crippen molar-refractivity contribution in [1.29, 1.82) is 0 Å². The van der Waals surface area contributed by atoms with Crippen molar-refractivity contribution in [3.8, 4) is 0 Å². The van der Waals surface area contributed by atoms with E-state index in [4.69, 9.17) is 14.2 Å². The second kappa shape index (κ2) is 45.3. The minimum absolute atomic E-state index is 0.0712. The highest BCUT2D eigenvalue weighted by Gasteiger charge is 2.17. The average molecular weight is 757 g/mol. The fourth-order valence-corrected chi connectivity index (χ4v) is 6.40. The van der Waals surface area contributed by atoms with Crippen LogP contribution in [0.15, 0.2) is 48.6 Å². The van der Waals surface area contributed by atoms with Crippen LogP contribution >= 0.6 is 0 Å². The topological polar surface area (TPSA) is 61.8 Å². The highest BCUT2D eigenvalue weighted by atomic mass is 16.6. The molecule has 0 aliphatic heterocycles. The van der Waals surface area contributed by atoms with E-state index in [2.05, 4.69) is 69.4 Å². The number of ether oxygens (including phenoxy) is 3. The molecule has 0 heterocycles. The van der Waals surface area contributed by atoms with E-state index in [1.165, 1.54) is 109 Å². The van der Waals surface area contributed by atoms with Crippen LogP contribution in [0.2, 0.25) is 0 Å². The lowest BCUT2D eigenvalue weighted by molar-refractivity contribution is -0.163. The minimum Gasteiger partial charge on any atom is -0.462 e. The number of hydrogen-bond donors (Lipinski definition) is 0. The highest BCUT2D eigenvalue weighted by molar-refractivity contribution is 5.70. The first-order chi connectivity index (χ1) is 26.6. The first-order valence-electron chi connectivity index (χ1n) is 23.2. The monoisotopic (exact) mass is 757 g/mol. The lowest BCUT2D eigenvalue weighted by Crippen LogP contribution is -2.30. The summed E-state index contributed by atoms with van der Waals surface area (Å²) in [6.45, 7) is 7.67. The van der Waals surface area contributed by atoms with Crippen LogP contribution < -0.4 is 0 Å². The average Bonchev–Trinajstić information content (AvgIpc) is 3.17. The molecule has 0 saturated carbocycles. The van der Waals surface area contributed by atoms with Crippen LogP contribution in [0.4, 0.5) is 0 Å². The fraction of sp³-hybridized carbons (Fsp3) is 0.796. The molecule has 1 atom stereocenters. The molecule has 1 unspecified atom stereocenters. The molecule has 0 rings (SSSR count). The van der Waals surface area contributed by atoms with Crippen molar-refractivity contribution in [1.82, 2.24) is 0 Å². The minimum atomic E-state index is -0.549. The van der Waals surface area contributed by atoms with Gasteiger partial charge in [-0.2, -0.15) is 0 Å². The van der Waals surface area contributed by atoms with Crippen LogP contribution in [0.5, 0.6) is 0 Å². The maximum absolute atomic E-state index is 12.7. The van der Waals surface area contributed by atoms with Gasteiger partial charge in [-0.05, 0) is 77.0 Å². The molecule has 5 heteroatoms. The molecule has 0 saturated heterocycles. The van der Waals surface area contributed by atoms with Gasteiger partial charge in [0.15, 0.2) is 6.10 Å². The van der Waals surface area contributed by atoms with Crippen molar-refractivity contribution >= 4 is 11.9 Å². The summed E-state index contributed by atoms with van der Waals surface area (Å²) in [4.78, 5) is 25.2. The van der Waals surface area contributed by atoms with Gasteiger partial charge < -0.3 is 14.2 Å². The van der Waals surface area contributed by atoms with Crippen molar-refractivity contribution in [2.45, 2.75) is 232 Å². The molecule has 0 aliphatic rings. The van der Waals surface area contributed by atoms with Crippen molar-refractivity contribution < 1.29 is 23.8 Å². The quantitative estimate of drug-likeness (QED) is 0.0353. The summed E-state index contributed by atoms with van der Waals surface area (Å²) in [7, 11) is 0. The van der Waals surface area contributed by atoms with Crippen LogP contribution in [-0.2, 0) is 23.8 Å². The van der Waals surface area contributed by atoms with E-state index in [0.29, 0.717) is 19.4 Å². The zero-order valence-corrected chi connectivity index (χ0v) is 36.0. The molecule has 0 aromatic heterocycles. The summed E-state index contributed by atoms with van der Waals surface area (Å²) in [6.07, 6.45) is 53.9. The Morgan fingerprint density at radius 2 is 0.833 bits per heavy atom. The van der Waals surface area contributed by atoms with Crippen LogP contribution in [0.25, 0.3) is 0 Å². The SMILES string of the molecule is CC/C=C\C/C=C\C/C=C\CCCCCC(=O)OC(COCCCCCCCCCCCC)COC(=O)CCCCCCC/C=C\CCCCCCCC. The van der Waals surface area contributed by atoms with Crippen molar-refractivity contribution in [2.75, 3.05) is 19.8 Å². The molecule has 0 amide bonds. The number of rotatable bonds is 42. The van der Waals surface area contributed by atoms with E-state index in [0.717, 1.165) is 83.5 Å². The third kappa shape index (κ3) is 42.6. The number of carbonyl (C=O) groups is 2. The van der Waals surface area contributed by atoms with Gasteiger partial charge in [0.1, 0.15) is 6.61 Å². The molecule has 0 N–H and O–H groups in total. The number of hydrogen-bond acceptors (Lipinski definition) is 5. The Morgan fingerprint density at radius 1 is 0.426 bits per heavy atom. The highest BCUT2D eigenvalue weighted by Crippen LogP contribution is 2.13.